The highest BCUT2D eigenvalue weighted by Gasteiger charge is 2.29. The summed E-state index contributed by atoms with van der Waals surface area (Å²) in [7, 11) is 0. The SMILES string of the molecule is CCOC(=O)C(Cc1ccc(O)cc1)NC(=O)C(CCCCNC(=O)OC(C)(C)C)NC(=O)OC(C)(C)C. The summed E-state index contributed by atoms with van der Waals surface area (Å²) < 4.78 is 15.6. The van der Waals surface area contributed by atoms with E-state index in [-0.39, 0.29) is 25.2 Å². The van der Waals surface area contributed by atoms with Crippen LogP contribution in [-0.2, 0) is 30.2 Å². The molecule has 0 radical (unpaired) electrons. The minimum atomic E-state index is -1.01. The lowest BCUT2D eigenvalue weighted by Crippen LogP contribution is -2.53. The van der Waals surface area contributed by atoms with Crippen molar-refractivity contribution in [2.45, 2.75) is 97.4 Å². The molecule has 0 saturated carbocycles. The van der Waals surface area contributed by atoms with Crippen molar-refractivity contribution in [1.82, 2.24) is 16.0 Å². The van der Waals surface area contributed by atoms with E-state index in [1.54, 1.807) is 60.6 Å². The molecule has 11 heteroatoms. The zero-order valence-corrected chi connectivity index (χ0v) is 23.5. The van der Waals surface area contributed by atoms with Gasteiger partial charge in [-0.05, 0) is 85.4 Å². The number of unbranched alkanes of at least 4 members (excludes halogenated alkanes) is 1. The van der Waals surface area contributed by atoms with E-state index in [0.29, 0.717) is 24.9 Å². The zero-order valence-electron chi connectivity index (χ0n) is 23.5. The Morgan fingerprint density at radius 1 is 0.842 bits per heavy atom. The van der Waals surface area contributed by atoms with E-state index >= 15 is 0 Å². The van der Waals surface area contributed by atoms with Crippen LogP contribution in [0.4, 0.5) is 9.59 Å². The molecule has 0 aliphatic carbocycles. The summed E-state index contributed by atoms with van der Waals surface area (Å²) in [6, 6.07) is 4.24. The molecule has 2 atom stereocenters. The normalized spacial score (nSPS) is 13.0. The topological polar surface area (TPSA) is 152 Å². The minimum Gasteiger partial charge on any atom is -0.508 e. The number of hydrogen-bond acceptors (Lipinski definition) is 8. The van der Waals surface area contributed by atoms with Gasteiger partial charge in [0.05, 0.1) is 6.61 Å². The maximum Gasteiger partial charge on any atom is 0.408 e. The molecule has 0 fully saturated rings. The third-order valence-electron chi connectivity index (χ3n) is 4.86. The number of carbonyl (C=O) groups excluding carboxylic acids is 4. The van der Waals surface area contributed by atoms with Crippen LogP contribution in [0.3, 0.4) is 0 Å². The van der Waals surface area contributed by atoms with Gasteiger partial charge in [-0.15, -0.1) is 0 Å². The number of phenols is 1. The van der Waals surface area contributed by atoms with Crippen molar-refractivity contribution in [3.8, 4) is 5.75 Å². The largest absolute Gasteiger partial charge is 0.508 e. The number of aromatic hydroxyl groups is 1. The Hall–Kier alpha value is -3.50. The van der Waals surface area contributed by atoms with Crippen LogP contribution >= 0.6 is 0 Å². The summed E-state index contributed by atoms with van der Waals surface area (Å²) >= 11 is 0. The number of nitrogens with one attached hydrogen (secondary N) is 3. The zero-order chi connectivity index (χ0) is 28.9. The first-order chi connectivity index (χ1) is 17.6. The summed E-state index contributed by atoms with van der Waals surface area (Å²) in [5.41, 5.74) is -0.680. The number of esters is 1. The van der Waals surface area contributed by atoms with Crippen molar-refractivity contribution in [2.24, 2.45) is 0 Å². The molecular formula is C27H43N3O8. The lowest BCUT2D eigenvalue weighted by atomic mass is 10.0. The van der Waals surface area contributed by atoms with Crippen LogP contribution in [0, 0.1) is 0 Å². The van der Waals surface area contributed by atoms with Gasteiger partial charge in [-0.25, -0.2) is 14.4 Å². The van der Waals surface area contributed by atoms with Gasteiger partial charge in [0.25, 0.3) is 0 Å². The highest BCUT2D eigenvalue weighted by atomic mass is 16.6. The van der Waals surface area contributed by atoms with Crippen molar-refractivity contribution in [3.05, 3.63) is 29.8 Å². The van der Waals surface area contributed by atoms with E-state index in [2.05, 4.69) is 16.0 Å². The third-order valence-corrected chi connectivity index (χ3v) is 4.86. The standard InChI is InChI=1S/C27H43N3O8/c1-8-36-23(33)21(17-18-12-14-19(31)15-13-18)29-22(32)20(30-25(35)38-27(5,6)7)11-9-10-16-28-24(34)37-26(2,3)4/h12-15,20-21,31H,8-11,16-17H2,1-7H3,(H,28,34)(H,29,32)(H,30,35). The van der Waals surface area contributed by atoms with E-state index in [9.17, 15) is 24.3 Å². The fraction of sp³-hybridized carbons (Fsp3) is 0.630. The average molecular weight is 538 g/mol. The van der Waals surface area contributed by atoms with Gasteiger partial charge in [-0.1, -0.05) is 12.1 Å². The maximum absolute atomic E-state index is 13.2. The van der Waals surface area contributed by atoms with Gasteiger partial charge in [0.15, 0.2) is 0 Å². The quantitative estimate of drug-likeness (QED) is 0.179. The molecule has 1 aromatic rings. The van der Waals surface area contributed by atoms with Crippen molar-refractivity contribution in [1.29, 1.82) is 0 Å². The maximum atomic E-state index is 13.2. The van der Waals surface area contributed by atoms with Crippen LogP contribution in [0.15, 0.2) is 24.3 Å². The highest BCUT2D eigenvalue weighted by molar-refractivity contribution is 5.89. The minimum absolute atomic E-state index is 0.0771. The average Bonchev–Trinajstić information content (AvgIpc) is 2.76. The van der Waals surface area contributed by atoms with E-state index in [4.69, 9.17) is 14.2 Å². The molecule has 0 aliphatic rings. The Bertz CT molecular complexity index is 920. The van der Waals surface area contributed by atoms with E-state index < -0.39 is 47.3 Å². The molecule has 4 N–H and O–H groups in total. The Labute approximate surface area is 225 Å². The van der Waals surface area contributed by atoms with Gasteiger partial charge in [-0.2, -0.15) is 0 Å². The van der Waals surface area contributed by atoms with E-state index in [1.165, 1.54) is 12.1 Å². The number of phenolic OH excluding ortho intramolecular Hbond substituents is 1. The molecule has 0 heterocycles. The molecule has 3 amide bonds. The summed E-state index contributed by atoms with van der Waals surface area (Å²) in [5.74, 6) is -1.12. The van der Waals surface area contributed by atoms with Crippen LogP contribution in [-0.4, -0.2) is 65.6 Å². The molecule has 11 nitrogen and oxygen atoms in total. The first kappa shape index (κ1) is 32.5. The van der Waals surface area contributed by atoms with Crippen LogP contribution in [0.5, 0.6) is 5.75 Å². The second-order valence-corrected chi connectivity index (χ2v) is 10.8. The molecule has 38 heavy (non-hydrogen) atoms. The predicted octanol–water partition coefficient (Wildman–Crippen LogP) is 3.57. The van der Waals surface area contributed by atoms with Crippen LogP contribution in [0.2, 0.25) is 0 Å². The molecule has 1 rings (SSSR count). The Kier molecular flexibility index (Phi) is 12.9. The molecule has 0 aliphatic heterocycles. The number of rotatable bonds is 12. The van der Waals surface area contributed by atoms with Crippen molar-refractivity contribution >= 4 is 24.1 Å². The number of amides is 3. The molecule has 0 bridgehead atoms. The van der Waals surface area contributed by atoms with Gasteiger partial charge in [0, 0.05) is 13.0 Å². The first-order valence-electron chi connectivity index (χ1n) is 12.8. The molecule has 0 spiro atoms. The van der Waals surface area contributed by atoms with Crippen molar-refractivity contribution < 1.29 is 38.5 Å². The molecule has 1 aromatic carbocycles. The van der Waals surface area contributed by atoms with Crippen molar-refractivity contribution in [3.63, 3.8) is 0 Å². The van der Waals surface area contributed by atoms with Gasteiger partial charge in [-0.3, -0.25) is 4.79 Å². The highest BCUT2D eigenvalue weighted by Crippen LogP contribution is 2.13. The third kappa shape index (κ3) is 14.3. The second-order valence-electron chi connectivity index (χ2n) is 10.8. The lowest BCUT2D eigenvalue weighted by Gasteiger charge is -2.25. The number of hydrogen-bond donors (Lipinski definition) is 4. The lowest BCUT2D eigenvalue weighted by molar-refractivity contribution is -0.147. The van der Waals surface area contributed by atoms with Crippen molar-refractivity contribution in [2.75, 3.05) is 13.2 Å². The number of carbonyl (C=O) groups is 4. The summed E-state index contributed by atoms with van der Waals surface area (Å²) in [5, 5.41) is 17.4. The molecule has 2 unspecified atom stereocenters. The summed E-state index contributed by atoms with van der Waals surface area (Å²) in [6.45, 7) is 12.5. The fourth-order valence-corrected chi connectivity index (χ4v) is 3.27. The molecular weight excluding hydrogens is 494 g/mol. The number of ether oxygens (including phenoxy) is 3. The van der Waals surface area contributed by atoms with Gasteiger partial charge in [0.2, 0.25) is 5.91 Å². The molecule has 0 saturated heterocycles. The van der Waals surface area contributed by atoms with Crippen LogP contribution < -0.4 is 16.0 Å². The number of alkyl carbamates (subject to hydrolysis) is 2. The van der Waals surface area contributed by atoms with Gasteiger partial charge >= 0.3 is 18.2 Å². The summed E-state index contributed by atoms with van der Waals surface area (Å²) in [4.78, 5) is 50.1. The fourth-order valence-electron chi connectivity index (χ4n) is 3.27. The van der Waals surface area contributed by atoms with Gasteiger partial charge in [0.1, 0.15) is 29.0 Å². The Morgan fingerprint density at radius 3 is 1.97 bits per heavy atom. The number of benzene rings is 1. The Morgan fingerprint density at radius 2 is 1.42 bits per heavy atom. The molecule has 0 aromatic heterocycles. The second kappa shape index (κ2) is 15.0. The first-order valence-corrected chi connectivity index (χ1v) is 12.8. The van der Waals surface area contributed by atoms with E-state index in [0.717, 1.165) is 0 Å². The Balaban J connectivity index is 2.87. The predicted molar refractivity (Wildman–Crippen MR) is 142 cm³/mol. The van der Waals surface area contributed by atoms with E-state index in [1.807, 2.05) is 0 Å². The van der Waals surface area contributed by atoms with Crippen LogP contribution in [0.1, 0.15) is 73.3 Å². The van der Waals surface area contributed by atoms with Gasteiger partial charge < -0.3 is 35.3 Å². The smallest absolute Gasteiger partial charge is 0.408 e. The monoisotopic (exact) mass is 537 g/mol. The summed E-state index contributed by atoms with van der Waals surface area (Å²) in [6.07, 6.45) is 0.0556. The molecule has 214 valence electrons. The van der Waals surface area contributed by atoms with Crippen LogP contribution in [0.25, 0.3) is 0 Å².